The van der Waals surface area contributed by atoms with Crippen molar-refractivity contribution in [2.24, 2.45) is 17.3 Å². The van der Waals surface area contributed by atoms with Crippen LogP contribution in [0.2, 0.25) is 0 Å². The van der Waals surface area contributed by atoms with Crippen molar-refractivity contribution in [3.05, 3.63) is 0 Å². The quantitative estimate of drug-likeness (QED) is 0.701. The monoisotopic (exact) mass is 237 g/mol. The first-order valence-corrected chi connectivity index (χ1v) is 7.55. The highest BCUT2D eigenvalue weighted by Crippen LogP contribution is 2.47. The first kappa shape index (κ1) is 12.0. The molecule has 0 aromatic carbocycles. The maximum Gasteiger partial charge on any atom is 0.0468 e. The summed E-state index contributed by atoms with van der Waals surface area (Å²) in [4.78, 5) is 0. The van der Waals surface area contributed by atoms with Crippen LogP contribution in [0.25, 0.3) is 0 Å². The van der Waals surface area contributed by atoms with Gasteiger partial charge >= 0.3 is 0 Å². The fourth-order valence-electron chi connectivity index (χ4n) is 3.47. The Morgan fingerprint density at radius 3 is 2.24 bits per heavy atom. The smallest absolute Gasteiger partial charge is 0.0468 e. The van der Waals surface area contributed by atoms with Crippen molar-refractivity contribution < 1.29 is 4.74 Å². The molecule has 1 N–H and O–H groups in total. The molecule has 3 rings (SSSR count). The van der Waals surface area contributed by atoms with Crippen molar-refractivity contribution in [3.8, 4) is 0 Å². The minimum atomic E-state index is 0.595. The average Bonchev–Trinajstić information content (AvgIpc) is 3.14. The average molecular weight is 237 g/mol. The third kappa shape index (κ3) is 2.85. The number of hydrogen-bond donors (Lipinski definition) is 1. The molecule has 0 unspecified atom stereocenters. The Labute approximate surface area is 105 Å². The Morgan fingerprint density at radius 2 is 1.82 bits per heavy atom. The minimum absolute atomic E-state index is 0.595. The highest BCUT2D eigenvalue weighted by Gasteiger charge is 2.43. The molecule has 98 valence electrons. The fraction of sp³-hybridized carbons (Fsp3) is 1.00. The van der Waals surface area contributed by atoms with Crippen LogP contribution in [-0.2, 0) is 4.74 Å². The zero-order valence-corrected chi connectivity index (χ0v) is 11.2. The normalized spacial score (nSPS) is 27.2. The highest BCUT2D eigenvalue weighted by molar-refractivity contribution is 4.98. The Bertz CT molecular complexity index is 242. The second-order valence-corrected chi connectivity index (χ2v) is 6.68. The molecule has 2 nitrogen and oxygen atoms in total. The highest BCUT2D eigenvalue weighted by atomic mass is 16.5. The van der Waals surface area contributed by atoms with Crippen LogP contribution < -0.4 is 5.32 Å². The summed E-state index contributed by atoms with van der Waals surface area (Å²) in [6.07, 6.45) is 11.5. The number of hydrogen-bond acceptors (Lipinski definition) is 2. The van der Waals surface area contributed by atoms with Crippen molar-refractivity contribution in [2.45, 2.75) is 57.4 Å². The van der Waals surface area contributed by atoms with Crippen LogP contribution in [0.3, 0.4) is 0 Å². The lowest BCUT2D eigenvalue weighted by molar-refractivity contribution is 0.0646. The van der Waals surface area contributed by atoms with Crippen molar-refractivity contribution in [3.63, 3.8) is 0 Å². The van der Waals surface area contributed by atoms with E-state index in [0.29, 0.717) is 5.41 Å². The molecular weight excluding hydrogens is 210 g/mol. The van der Waals surface area contributed by atoms with E-state index in [-0.39, 0.29) is 0 Å². The Hall–Kier alpha value is -0.0800. The minimum Gasteiger partial charge on any atom is -0.385 e. The van der Waals surface area contributed by atoms with Crippen molar-refractivity contribution in [2.75, 3.05) is 20.3 Å². The van der Waals surface area contributed by atoms with Gasteiger partial charge in [0, 0.05) is 26.3 Å². The summed E-state index contributed by atoms with van der Waals surface area (Å²) in [5, 5.41) is 3.94. The SMILES string of the molecule is COCCC1(CNC(C2CC2)C2CC2)CCC1. The lowest BCUT2D eigenvalue weighted by atomic mass is 9.66. The summed E-state index contributed by atoms with van der Waals surface area (Å²) in [6, 6.07) is 0.870. The molecular formula is C15H27NO. The molecule has 0 heterocycles. The van der Waals surface area contributed by atoms with Crippen LogP contribution in [0.5, 0.6) is 0 Å². The standard InChI is InChI=1S/C15H27NO/c1-17-10-9-15(7-2-8-15)11-16-14(12-3-4-12)13-5-6-13/h12-14,16H,2-11H2,1H3. The van der Waals surface area contributed by atoms with E-state index in [2.05, 4.69) is 5.32 Å². The van der Waals surface area contributed by atoms with Gasteiger partial charge in [0.15, 0.2) is 0 Å². The molecule has 3 aliphatic rings. The number of methoxy groups -OCH3 is 1. The first-order chi connectivity index (χ1) is 8.33. The lowest BCUT2D eigenvalue weighted by Crippen LogP contribution is -2.45. The molecule has 2 heteroatoms. The zero-order valence-electron chi connectivity index (χ0n) is 11.2. The van der Waals surface area contributed by atoms with Crippen LogP contribution in [-0.4, -0.2) is 26.3 Å². The zero-order chi connectivity index (χ0) is 11.7. The largest absolute Gasteiger partial charge is 0.385 e. The van der Waals surface area contributed by atoms with E-state index >= 15 is 0 Å². The third-order valence-corrected chi connectivity index (χ3v) is 5.22. The summed E-state index contributed by atoms with van der Waals surface area (Å²) < 4.78 is 5.27. The van der Waals surface area contributed by atoms with Crippen molar-refractivity contribution in [1.82, 2.24) is 5.32 Å². The Kier molecular flexibility index (Phi) is 3.45. The molecule has 0 aromatic rings. The third-order valence-electron chi connectivity index (χ3n) is 5.22. The van der Waals surface area contributed by atoms with Gasteiger partial charge in [-0.05, 0) is 62.2 Å². The Morgan fingerprint density at radius 1 is 1.18 bits per heavy atom. The molecule has 0 amide bonds. The van der Waals surface area contributed by atoms with Crippen molar-refractivity contribution in [1.29, 1.82) is 0 Å². The number of ether oxygens (including phenoxy) is 1. The van der Waals surface area contributed by atoms with E-state index < -0.39 is 0 Å². The van der Waals surface area contributed by atoms with Crippen LogP contribution in [0.15, 0.2) is 0 Å². The van der Waals surface area contributed by atoms with E-state index in [1.54, 1.807) is 0 Å². The van der Waals surface area contributed by atoms with E-state index in [9.17, 15) is 0 Å². The number of rotatable bonds is 8. The van der Waals surface area contributed by atoms with Gasteiger partial charge in [-0.25, -0.2) is 0 Å². The summed E-state index contributed by atoms with van der Waals surface area (Å²) in [6.45, 7) is 2.20. The second-order valence-electron chi connectivity index (χ2n) is 6.68. The van der Waals surface area contributed by atoms with Gasteiger partial charge in [-0.3, -0.25) is 0 Å². The molecule has 0 spiro atoms. The van der Waals surface area contributed by atoms with Gasteiger partial charge in [0.25, 0.3) is 0 Å². The maximum atomic E-state index is 5.27. The molecule has 0 bridgehead atoms. The van der Waals surface area contributed by atoms with Gasteiger partial charge in [0.1, 0.15) is 0 Å². The van der Waals surface area contributed by atoms with E-state index in [4.69, 9.17) is 4.74 Å². The number of nitrogens with one attached hydrogen (secondary N) is 1. The Balaban J connectivity index is 1.47. The second kappa shape index (κ2) is 4.89. The predicted octanol–water partition coefficient (Wildman–Crippen LogP) is 2.97. The molecule has 0 radical (unpaired) electrons. The lowest BCUT2D eigenvalue weighted by Gasteiger charge is -2.43. The van der Waals surface area contributed by atoms with E-state index in [0.717, 1.165) is 24.5 Å². The van der Waals surface area contributed by atoms with Gasteiger partial charge in [-0.15, -0.1) is 0 Å². The van der Waals surface area contributed by atoms with Crippen LogP contribution >= 0.6 is 0 Å². The van der Waals surface area contributed by atoms with Gasteiger partial charge in [0.05, 0.1) is 0 Å². The molecule has 3 fully saturated rings. The summed E-state index contributed by atoms with van der Waals surface area (Å²) in [7, 11) is 1.83. The molecule has 3 aliphatic carbocycles. The molecule has 3 saturated carbocycles. The molecule has 0 aliphatic heterocycles. The molecule has 0 saturated heterocycles. The van der Waals surface area contributed by atoms with Gasteiger partial charge < -0.3 is 10.1 Å². The summed E-state index contributed by atoms with van der Waals surface area (Å²) in [5.74, 6) is 2.06. The first-order valence-electron chi connectivity index (χ1n) is 7.55. The fourth-order valence-corrected chi connectivity index (χ4v) is 3.47. The van der Waals surface area contributed by atoms with Gasteiger partial charge in [-0.1, -0.05) is 6.42 Å². The molecule has 17 heavy (non-hydrogen) atoms. The summed E-state index contributed by atoms with van der Waals surface area (Å²) in [5.41, 5.74) is 0.595. The van der Waals surface area contributed by atoms with Crippen molar-refractivity contribution >= 4 is 0 Å². The van der Waals surface area contributed by atoms with E-state index in [1.807, 2.05) is 7.11 Å². The molecule has 0 atom stereocenters. The van der Waals surface area contributed by atoms with Crippen LogP contribution in [0.1, 0.15) is 51.4 Å². The van der Waals surface area contributed by atoms with Gasteiger partial charge in [-0.2, -0.15) is 0 Å². The molecule has 0 aromatic heterocycles. The van der Waals surface area contributed by atoms with Crippen LogP contribution in [0.4, 0.5) is 0 Å². The maximum absolute atomic E-state index is 5.27. The van der Waals surface area contributed by atoms with E-state index in [1.165, 1.54) is 57.9 Å². The van der Waals surface area contributed by atoms with Crippen LogP contribution in [0, 0.1) is 17.3 Å². The topological polar surface area (TPSA) is 21.3 Å². The predicted molar refractivity (Wildman–Crippen MR) is 70.0 cm³/mol. The van der Waals surface area contributed by atoms with Gasteiger partial charge in [0.2, 0.25) is 0 Å². The summed E-state index contributed by atoms with van der Waals surface area (Å²) >= 11 is 0.